The normalized spacial score (nSPS) is 13.4. The first-order valence-electron chi connectivity index (χ1n) is 11.0. The second-order valence-corrected chi connectivity index (χ2v) is 9.33. The van der Waals surface area contributed by atoms with E-state index >= 15 is 0 Å². The third-order valence-corrected chi connectivity index (χ3v) is 5.75. The molecule has 0 amide bonds. The van der Waals surface area contributed by atoms with Crippen molar-refractivity contribution in [1.82, 2.24) is 0 Å². The first-order chi connectivity index (χ1) is 13.7. The fourth-order valence-corrected chi connectivity index (χ4v) is 4.14. The van der Waals surface area contributed by atoms with Crippen molar-refractivity contribution in [2.45, 2.75) is 79.1 Å². The van der Waals surface area contributed by atoms with Crippen LogP contribution in [-0.4, -0.2) is 5.48 Å². The van der Waals surface area contributed by atoms with Gasteiger partial charge in [-0.1, -0.05) is 91.8 Å². The fourth-order valence-electron chi connectivity index (χ4n) is 4.14. The van der Waals surface area contributed by atoms with Gasteiger partial charge in [-0.25, -0.2) is 0 Å². The summed E-state index contributed by atoms with van der Waals surface area (Å²) in [6.07, 6.45) is 4.32. The van der Waals surface area contributed by atoms with E-state index in [0.29, 0.717) is 23.7 Å². The minimum Gasteiger partial charge on any atom is -0.412 e. The van der Waals surface area contributed by atoms with Crippen LogP contribution in [0.3, 0.4) is 0 Å². The van der Waals surface area contributed by atoms with Gasteiger partial charge in [0.2, 0.25) is 6.67 Å². The molecule has 2 aromatic carbocycles. The molecule has 3 radical (unpaired) electrons. The van der Waals surface area contributed by atoms with E-state index in [1.165, 1.54) is 33.6 Å². The molecule has 0 saturated carbocycles. The van der Waals surface area contributed by atoms with Crippen LogP contribution in [-0.2, 0) is 22.4 Å². The van der Waals surface area contributed by atoms with Crippen LogP contribution in [0.25, 0.3) is 0 Å². The molecule has 1 aliphatic rings. The molecule has 0 aromatic heterocycles. The van der Waals surface area contributed by atoms with Crippen molar-refractivity contribution < 1.29 is 27.9 Å². The van der Waals surface area contributed by atoms with Gasteiger partial charge in [-0.05, 0) is 45.9 Å². The molecule has 0 unspecified atom stereocenters. The Kier molecular flexibility index (Phi) is 10.1. The van der Waals surface area contributed by atoms with Gasteiger partial charge >= 0.3 is 0 Å². The van der Waals surface area contributed by atoms with Crippen LogP contribution < -0.4 is 9.80 Å². The maximum atomic E-state index is 3.66. The van der Waals surface area contributed by atoms with E-state index in [4.69, 9.17) is 0 Å². The van der Waals surface area contributed by atoms with Crippen molar-refractivity contribution in [2.75, 3.05) is 9.80 Å². The predicted octanol–water partition coefficient (Wildman–Crippen LogP) is 7.15. The van der Waals surface area contributed by atoms with Crippen LogP contribution in [0, 0.1) is 6.67 Å². The molecule has 0 spiro atoms. The van der Waals surface area contributed by atoms with Gasteiger partial charge in [0.1, 0.15) is 0 Å². The van der Waals surface area contributed by atoms with Crippen molar-refractivity contribution in [2.24, 2.45) is 0 Å². The second-order valence-electron chi connectivity index (χ2n) is 9.33. The molecular formula is C27H38AuN2O. The summed E-state index contributed by atoms with van der Waals surface area (Å²) in [4.78, 5) is 4.40. The van der Waals surface area contributed by atoms with Crippen LogP contribution in [0.1, 0.15) is 101 Å². The number of hydrogen-bond donors (Lipinski definition) is 0. The number of para-hydroxylation sites is 2. The van der Waals surface area contributed by atoms with E-state index in [1.54, 1.807) is 0 Å². The molecule has 0 bridgehead atoms. The van der Waals surface area contributed by atoms with Gasteiger partial charge in [0.05, 0.1) is 11.4 Å². The van der Waals surface area contributed by atoms with Crippen LogP contribution in [0.5, 0.6) is 0 Å². The monoisotopic (exact) mass is 603 g/mol. The minimum absolute atomic E-state index is 0. The summed E-state index contributed by atoms with van der Waals surface area (Å²) in [6, 6.07) is 13.4. The molecule has 1 aliphatic heterocycles. The first-order valence-corrected chi connectivity index (χ1v) is 11.0. The molecule has 0 fully saturated rings. The zero-order valence-corrected chi connectivity index (χ0v) is 22.3. The summed E-state index contributed by atoms with van der Waals surface area (Å²) in [5, 5.41) is 0. The van der Waals surface area contributed by atoms with Gasteiger partial charge in [0.15, 0.2) is 0 Å². The quantitative estimate of drug-likeness (QED) is 0.329. The standard InChI is InChI=1S/C27H36N2.Au.H2O/c1-18(2)22-11-9-12-23(19(3)4)26(22)28-15-16-29(17-28)27-24(20(5)6)13-10-14-25(27)21(7)8;;/h9-16,18-21H,1-8H3;;1H2. The van der Waals surface area contributed by atoms with E-state index in [-0.39, 0.29) is 27.9 Å². The number of hydrogen-bond acceptors (Lipinski definition) is 2. The summed E-state index contributed by atoms with van der Waals surface area (Å²) >= 11 is 0. The van der Waals surface area contributed by atoms with E-state index in [1.807, 2.05) is 0 Å². The molecule has 0 atom stereocenters. The molecule has 2 N–H and O–H groups in total. The maximum Gasteiger partial charge on any atom is 0.217 e. The largest absolute Gasteiger partial charge is 0.412 e. The van der Waals surface area contributed by atoms with E-state index in [9.17, 15) is 0 Å². The van der Waals surface area contributed by atoms with Crippen LogP contribution in [0.4, 0.5) is 11.4 Å². The topological polar surface area (TPSA) is 38.0 Å². The van der Waals surface area contributed by atoms with E-state index < -0.39 is 0 Å². The Balaban J connectivity index is 0.00000240. The van der Waals surface area contributed by atoms with Crippen molar-refractivity contribution in [3.63, 3.8) is 0 Å². The second kappa shape index (κ2) is 11.4. The first kappa shape index (κ1) is 27.5. The van der Waals surface area contributed by atoms with Gasteiger partial charge in [-0.2, -0.15) is 0 Å². The third kappa shape index (κ3) is 5.64. The molecule has 3 rings (SSSR count). The van der Waals surface area contributed by atoms with E-state index in [0.717, 1.165) is 0 Å². The molecule has 3 nitrogen and oxygen atoms in total. The molecule has 173 valence electrons. The minimum atomic E-state index is 0. The van der Waals surface area contributed by atoms with Gasteiger partial charge < -0.3 is 15.3 Å². The van der Waals surface area contributed by atoms with Crippen molar-refractivity contribution in [3.05, 3.63) is 77.7 Å². The Morgan fingerprint density at radius 3 is 1.03 bits per heavy atom. The summed E-state index contributed by atoms with van der Waals surface area (Å²) < 4.78 is 0. The number of rotatable bonds is 6. The van der Waals surface area contributed by atoms with Gasteiger partial charge in [0.25, 0.3) is 0 Å². The summed E-state index contributed by atoms with van der Waals surface area (Å²) in [6.45, 7) is 21.8. The average Bonchev–Trinajstić information content (AvgIpc) is 3.15. The molecule has 2 aromatic rings. The Morgan fingerprint density at radius 1 is 0.548 bits per heavy atom. The smallest absolute Gasteiger partial charge is 0.217 e. The zero-order valence-electron chi connectivity index (χ0n) is 20.1. The maximum absolute atomic E-state index is 3.66. The number of nitrogens with zero attached hydrogens (tertiary/aromatic N) is 2. The fraction of sp³-hybridized carbons (Fsp3) is 0.444. The van der Waals surface area contributed by atoms with Gasteiger partial charge in [0, 0.05) is 34.8 Å². The van der Waals surface area contributed by atoms with Crippen LogP contribution in [0.2, 0.25) is 0 Å². The van der Waals surface area contributed by atoms with Crippen LogP contribution >= 0.6 is 0 Å². The molecule has 1 heterocycles. The van der Waals surface area contributed by atoms with Crippen molar-refractivity contribution >= 4 is 11.4 Å². The predicted molar refractivity (Wildman–Crippen MR) is 130 cm³/mol. The van der Waals surface area contributed by atoms with Crippen LogP contribution in [0.15, 0.2) is 48.8 Å². The third-order valence-electron chi connectivity index (χ3n) is 5.75. The van der Waals surface area contributed by atoms with Crippen molar-refractivity contribution in [1.29, 1.82) is 0 Å². The summed E-state index contributed by atoms with van der Waals surface area (Å²) in [7, 11) is 0. The summed E-state index contributed by atoms with van der Waals surface area (Å²) in [5.74, 6) is 1.84. The molecule has 4 heteroatoms. The Bertz CT molecular complexity index is 763. The Morgan fingerprint density at radius 2 is 0.806 bits per heavy atom. The zero-order chi connectivity index (χ0) is 21.3. The Hall–Kier alpha value is -1.52. The summed E-state index contributed by atoms with van der Waals surface area (Å²) in [5.41, 5.74) is 8.05. The molecule has 31 heavy (non-hydrogen) atoms. The van der Waals surface area contributed by atoms with E-state index in [2.05, 4.69) is 121 Å². The van der Waals surface area contributed by atoms with Crippen molar-refractivity contribution in [3.8, 4) is 0 Å². The molecule has 0 saturated heterocycles. The Labute approximate surface area is 205 Å². The molecular weight excluding hydrogens is 565 g/mol. The van der Waals surface area contributed by atoms with Gasteiger partial charge in [-0.15, -0.1) is 0 Å². The average molecular weight is 604 g/mol. The SMILES string of the molecule is CC(C)c1cccc(C(C)C)c1N1[C]N(c2c(C(C)C)cccc2C(C)C)C=C1.O.[Au]. The van der Waals surface area contributed by atoms with Gasteiger partial charge in [-0.3, -0.25) is 0 Å². The number of benzene rings is 2. The number of anilines is 2. The molecule has 0 aliphatic carbocycles.